The van der Waals surface area contributed by atoms with Crippen molar-refractivity contribution in [2.45, 2.75) is 0 Å². The van der Waals surface area contributed by atoms with Crippen molar-refractivity contribution in [2.24, 2.45) is 0 Å². The van der Waals surface area contributed by atoms with E-state index in [0.29, 0.717) is 41.1 Å². The van der Waals surface area contributed by atoms with Gasteiger partial charge in [0.25, 0.3) is 5.91 Å². The molecule has 1 heterocycles. The Morgan fingerprint density at radius 2 is 1.76 bits per heavy atom. The number of hydrogen-bond donors (Lipinski definition) is 0. The topological polar surface area (TPSA) is 32.8 Å². The minimum absolute atomic E-state index is 0.0365. The van der Waals surface area contributed by atoms with Crippen molar-refractivity contribution in [3.05, 3.63) is 64.1 Å². The first kappa shape index (κ1) is 18.1. The van der Waals surface area contributed by atoms with Crippen LogP contribution < -0.4 is 4.74 Å². The molecule has 0 bridgehead atoms. The van der Waals surface area contributed by atoms with E-state index in [1.54, 1.807) is 24.3 Å². The van der Waals surface area contributed by atoms with Crippen LogP contribution in [0.5, 0.6) is 5.75 Å². The summed E-state index contributed by atoms with van der Waals surface area (Å²) in [5.74, 6) is 0.744. The predicted molar refractivity (Wildman–Crippen MR) is 101 cm³/mol. The minimum atomic E-state index is 0.0365. The summed E-state index contributed by atoms with van der Waals surface area (Å²) in [5, 5.41) is 1.21. The first-order chi connectivity index (χ1) is 12.1. The molecule has 1 aliphatic heterocycles. The largest absolute Gasteiger partial charge is 0.491 e. The second-order valence-electron chi connectivity index (χ2n) is 5.92. The van der Waals surface area contributed by atoms with E-state index in [2.05, 4.69) is 4.90 Å². The van der Waals surface area contributed by atoms with Gasteiger partial charge in [0, 0.05) is 43.3 Å². The van der Waals surface area contributed by atoms with E-state index in [9.17, 15) is 4.79 Å². The van der Waals surface area contributed by atoms with Crippen LogP contribution in [-0.2, 0) is 0 Å². The summed E-state index contributed by atoms with van der Waals surface area (Å²) in [7, 11) is 0. The lowest BCUT2D eigenvalue weighted by atomic mass is 10.2. The summed E-state index contributed by atoms with van der Waals surface area (Å²) in [6.07, 6.45) is 0. The number of para-hydroxylation sites is 1. The first-order valence-electron chi connectivity index (χ1n) is 8.28. The van der Waals surface area contributed by atoms with E-state index >= 15 is 0 Å². The molecule has 0 radical (unpaired) electrons. The van der Waals surface area contributed by atoms with E-state index in [1.165, 1.54) is 0 Å². The Morgan fingerprint density at radius 1 is 1.00 bits per heavy atom. The SMILES string of the molecule is O=C(c1cccc(Cl)c1)N1CCN(CCOc2ccccc2Cl)CC1. The molecule has 1 aliphatic rings. The highest BCUT2D eigenvalue weighted by atomic mass is 35.5. The number of rotatable bonds is 5. The number of ether oxygens (including phenoxy) is 1. The molecular formula is C19H20Cl2N2O2. The lowest BCUT2D eigenvalue weighted by molar-refractivity contribution is 0.0620. The molecule has 0 unspecified atom stereocenters. The van der Waals surface area contributed by atoms with Crippen molar-refractivity contribution in [1.29, 1.82) is 0 Å². The molecule has 0 spiro atoms. The van der Waals surface area contributed by atoms with E-state index < -0.39 is 0 Å². The number of piperazine rings is 1. The maximum Gasteiger partial charge on any atom is 0.253 e. The summed E-state index contributed by atoms with van der Waals surface area (Å²) >= 11 is 12.0. The fraction of sp³-hybridized carbons (Fsp3) is 0.316. The van der Waals surface area contributed by atoms with Crippen LogP contribution >= 0.6 is 23.2 Å². The third-order valence-corrected chi connectivity index (χ3v) is 4.78. The van der Waals surface area contributed by atoms with Gasteiger partial charge in [0.2, 0.25) is 0 Å². The molecule has 0 aromatic heterocycles. The summed E-state index contributed by atoms with van der Waals surface area (Å²) in [4.78, 5) is 16.7. The van der Waals surface area contributed by atoms with Crippen molar-refractivity contribution in [2.75, 3.05) is 39.3 Å². The monoisotopic (exact) mass is 378 g/mol. The van der Waals surface area contributed by atoms with Crippen LogP contribution in [-0.4, -0.2) is 55.0 Å². The van der Waals surface area contributed by atoms with Gasteiger partial charge in [0.05, 0.1) is 5.02 Å². The third-order valence-electron chi connectivity index (χ3n) is 4.23. The molecule has 1 saturated heterocycles. The zero-order valence-electron chi connectivity index (χ0n) is 13.8. The number of halogens is 2. The Morgan fingerprint density at radius 3 is 2.48 bits per heavy atom. The van der Waals surface area contributed by atoms with Crippen LogP contribution in [0, 0.1) is 0 Å². The second-order valence-corrected chi connectivity index (χ2v) is 6.77. The molecule has 1 amide bonds. The number of benzene rings is 2. The van der Waals surface area contributed by atoms with Crippen LogP contribution in [0.25, 0.3) is 0 Å². The molecule has 25 heavy (non-hydrogen) atoms. The predicted octanol–water partition coefficient (Wildman–Crippen LogP) is 3.83. The molecule has 2 aromatic carbocycles. The zero-order chi connectivity index (χ0) is 17.6. The van der Waals surface area contributed by atoms with Gasteiger partial charge in [-0.05, 0) is 30.3 Å². The maximum atomic E-state index is 12.5. The molecule has 132 valence electrons. The van der Waals surface area contributed by atoms with Gasteiger partial charge in [-0.25, -0.2) is 0 Å². The first-order valence-corrected chi connectivity index (χ1v) is 9.03. The van der Waals surface area contributed by atoms with Crippen molar-refractivity contribution in [1.82, 2.24) is 9.80 Å². The third kappa shape index (κ3) is 4.88. The highest BCUT2D eigenvalue weighted by Gasteiger charge is 2.22. The van der Waals surface area contributed by atoms with Crippen molar-refractivity contribution >= 4 is 29.1 Å². The molecule has 0 aliphatic carbocycles. The van der Waals surface area contributed by atoms with Gasteiger partial charge in [-0.2, -0.15) is 0 Å². The number of amides is 1. The molecule has 3 rings (SSSR count). The van der Waals surface area contributed by atoms with E-state index in [1.807, 2.05) is 29.2 Å². The van der Waals surface area contributed by atoms with Crippen LogP contribution in [0.4, 0.5) is 0 Å². The molecule has 2 aromatic rings. The Labute approximate surface area is 157 Å². The van der Waals surface area contributed by atoms with Crippen LogP contribution in [0.1, 0.15) is 10.4 Å². The van der Waals surface area contributed by atoms with Crippen molar-refractivity contribution in [3.63, 3.8) is 0 Å². The summed E-state index contributed by atoms with van der Waals surface area (Å²) in [6, 6.07) is 14.6. The Hall–Kier alpha value is -1.75. The van der Waals surface area contributed by atoms with Gasteiger partial charge >= 0.3 is 0 Å². The van der Waals surface area contributed by atoms with Crippen LogP contribution in [0.3, 0.4) is 0 Å². The lowest BCUT2D eigenvalue weighted by Crippen LogP contribution is -2.49. The summed E-state index contributed by atoms with van der Waals surface area (Å²) in [6.45, 7) is 4.46. The highest BCUT2D eigenvalue weighted by molar-refractivity contribution is 6.32. The zero-order valence-corrected chi connectivity index (χ0v) is 15.3. The van der Waals surface area contributed by atoms with Crippen molar-refractivity contribution < 1.29 is 9.53 Å². The second kappa shape index (κ2) is 8.56. The quantitative estimate of drug-likeness (QED) is 0.792. The minimum Gasteiger partial charge on any atom is -0.491 e. The summed E-state index contributed by atoms with van der Waals surface area (Å²) < 4.78 is 5.73. The molecule has 1 fully saturated rings. The maximum absolute atomic E-state index is 12.5. The van der Waals surface area contributed by atoms with Gasteiger partial charge < -0.3 is 9.64 Å². The molecule has 6 heteroatoms. The van der Waals surface area contributed by atoms with Crippen LogP contribution in [0.15, 0.2) is 48.5 Å². The average molecular weight is 379 g/mol. The fourth-order valence-electron chi connectivity index (χ4n) is 2.83. The molecule has 0 saturated carbocycles. The Kier molecular flexibility index (Phi) is 6.19. The van der Waals surface area contributed by atoms with E-state index in [4.69, 9.17) is 27.9 Å². The highest BCUT2D eigenvalue weighted by Crippen LogP contribution is 2.23. The van der Waals surface area contributed by atoms with Gasteiger partial charge in [-0.3, -0.25) is 9.69 Å². The van der Waals surface area contributed by atoms with E-state index in [-0.39, 0.29) is 5.91 Å². The van der Waals surface area contributed by atoms with Gasteiger partial charge in [-0.1, -0.05) is 41.4 Å². The number of carbonyl (C=O) groups is 1. The molecular weight excluding hydrogens is 359 g/mol. The lowest BCUT2D eigenvalue weighted by Gasteiger charge is -2.34. The van der Waals surface area contributed by atoms with Crippen molar-refractivity contribution in [3.8, 4) is 5.75 Å². The normalized spacial score (nSPS) is 15.2. The smallest absolute Gasteiger partial charge is 0.253 e. The fourth-order valence-corrected chi connectivity index (χ4v) is 3.21. The molecule has 0 N–H and O–H groups in total. The summed E-state index contributed by atoms with van der Waals surface area (Å²) in [5.41, 5.74) is 0.642. The van der Waals surface area contributed by atoms with Gasteiger partial charge in [-0.15, -0.1) is 0 Å². The van der Waals surface area contributed by atoms with Crippen LogP contribution in [0.2, 0.25) is 10.0 Å². The number of nitrogens with zero attached hydrogens (tertiary/aromatic N) is 2. The molecule has 4 nitrogen and oxygen atoms in total. The van der Waals surface area contributed by atoms with Gasteiger partial charge in [0.15, 0.2) is 0 Å². The van der Waals surface area contributed by atoms with Gasteiger partial charge in [0.1, 0.15) is 12.4 Å². The standard InChI is InChI=1S/C19H20Cl2N2O2/c20-16-5-3-4-15(14-16)19(24)23-10-8-22(9-11-23)12-13-25-18-7-2-1-6-17(18)21/h1-7,14H,8-13H2. The Bertz CT molecular complexity index is 731. The Balaban J connectivity index is 1.44. The number of hydrogen-bond acceptors (Lipinski definition) is 3. The van der Waals surface area contributed by atoms with E-state index in [0.717, 1.165) is 19.6 Å². The number of carbonyl (C=O) groups excluding carboxylic acids is 1. The average Bonchev–Trinajstić information content (AvgIpc) is 2.63. The molecule has 0 atom stereocenters.